The van der Waals surface area contributed by atoms with Crippen LogP contribution in [0.2, 0.25) is 0 Å². The van der Waals surface area contributed by atoms with Crippen LogP contribution in [0.15, 0.2) is 29.4 Å². The van der Waals surface area contributed by atoms with Gasteiger partial charge in [-0.15, -0.1) is 0 Å². The number of ketones is 1. The first-order valence-corrected chi connectivity index (χ1v) is 3.97. The quantitative estimate of drug-likeness (QED) is 0.467. The number of Topliss-reactive ketones (excluding diaryl/α,β-unsaturated/α-hetero) is 1. The molecule has 0 unspecified atom stereocenters. The summed E-state index contributed by atoms with van der Waals surface area (Å²) in [6, 6.07) is 0. The summed E-state index contributed by atoms with van der Waals surface area (Å²) in [6.45, 7) is 12.3. The SMILES string of the molecule is C=C/C(=C\N=C)CC(C)=O.CC. The predicted molar refractivity (Wildman–Crippen MR) is 54.5 cm³/mol. The van der Waals surface area contributed by atoms with E-state index in [0.717, 1.165) is 5.57 Å². The number of carbonyl (C=O) groups excluding carboxylic acids is 1. The van der Waals surface area contributed by atoms with E-state index in [4.69, 9.17) is 0 Å². The maximum absolute atomic E-state index is 10.5. The minimum Gasteiger partial charge on any atom is -0.300 e. The van der Waals surface area contributed by atoms with Crippen molar-refractivity contribution in [1.82, 2.24) is 0 Å². The van der Waals surface area contributed by atoms with Crippen molar-refractivity contribution in [3.05, 3.63) is 24.4 Å². The third-order valence-corrected chi connectivity index (χ3v) is 0.972. The van der Waals surface area contributed by atoms with Crippen molar-refractivity contribution in [2.75, 3.05) is 0 Å². The van der Waals surface area contributed by atoms with E-state index in [9.17, 15) is 4.79 Å². The predicted octanol–water partition coefficient (Wildman–Crippen LogP) is 2.76. The van der Waals surface area contributed by atoms with E-state index in [0.29, 0.717) is 6.42 Å². The molecule has 0 aromatic heterocycles. The normalized spacial score (nSPS) is 9.42. The van der Waals surface area contributed by atoms with Crippen LogP contribution in [0.3, 0.4) is 0 Å². The van der Waals surface area contributed by atoms with Crippen molar-refractivity contribution in [3.8, 4) is 0 Å². The molecule has 0 saturated heterocycles. The van der Waals surface area contributed by atoms with Crippen LogP contribution in [0.25, 0.3) is 0 Å². The number of hydrogen-bond donors (Lipinski definition) is 0. The van der Waals surface area contributed by atoms with Gasteiger partial charge < -0.3 is 0 Å². The Morgan fingerprint density at radius 1 is 1.50 bits per heavy atom. The molecule has 0 aliphatic heterocycles. The van der Waals surface area contributed by atoms with Crippen molar-refractivity contribution in [3.63, 3.8) is 0 Å². The van der Waals surface area contributed by atoms with Gasteiger partial charge in [0.15, 0.2) is 0 Å². The van der Waals surface area contributed by atoms with Crippen molar-refractivity contribution in [2.45, 2.75) is 27.2 Å². The summed E-state index contributed by atoms with van der Waals surface area (Å²) in [5, 5.41) is 0. The molecular formula is C10H17NO. The molecule has 0 bridgehead atoms. The van der Waals surface area contributed by atoms with E-state index >= 15 is 0 Å². The van der Waals surface area contributed by atoms with Gasteiger partial charge >= 0.3 is 0 Å². The van der Waals surface area contributed by atoms with Gasteiger partial charge in [-0.05, 0) is 19.2 Å². The summed E-state index contributed by atoms with van der Waals surface area (Å²) in [5.74, 6) is 0.106. The lowest BCUT2D eigenvalue weighted by Crippen LogP contribution is -1.90. The van der Waals surface area contributed by atoms with Crippen LogP contribution in [-0.2, 0) is 4.79 Å². The Bertz CT molecular complexity index is 180. The molecule has 0 saturated carbocycles. The molecule has 0 heterocycles. The zero-order chi connectivity index (χ0) is 9.98. The Balaban J connectivity index is 0. The maximum atomic E-state index is 10.5. The standard InChI is InChI=1S/C8H11NO.C2H6/c1-4-8(6-9-3)5-7(2)10;1-2/h4,6H,1,3,5H2,2H3;1-2H3/b8-6+;. The smallest absolute Gasteiger partial charge is 0.134 e. The lowest BCUT2D eigenvalue weighted by atomic mass is 10.1. The second-order valence-corrected chi connectivity index (χ2v) is 1.97. The molecule has 0 aromatic carbocycles. The first-order valence-electron chi connectivity index (χ1n) is 3.97. The van der Waals surface area contributed by atoms with E-state index in [1.165, 1.54) is 13.1 Å². The molecule has 0 radical (unpaired) electrons. The van der Waals surface area contributed by atoms with E-state index in [2.05, 4.69) is 18.3 Å². The van der Waals surface area contributed by atoms with Gasteiger partial charge in [0.05, 0.1) is 0 Å². The summed E-state index contributed by atoms with van der Waals surface area (Å²) in [6.07, 6.45) is 3.53. The highest BCUT2D eigenvalue weighted by Crippen LogP contribution is 2.02. The van der Waals surface area contributed by atoms with E-state index in [1.54, 1.807) is 6.08 Å². The van der Waals surface area contributed by atoms with Gasteiger partial charge in [-0.1, -0.05) is 26.5 Å². The minimum atomic E-state index is 0.106. The van der Waals surface area contributed by atoms with Crippen molar-refractivity contribution in [2.24, 2.45) is 4.99 Å². The van der Waals surface area contributed by atoms with Crippen LogP contribution in [0, 0.1) is 0 Å². The second-order valence-electron chi connectivity index (χ2n) is 1.97. The Hall–Kier alpha value is -1.18. The molecule has 0 aromatic rings. The Morgan fingerprint density at radius 2 is 2.00 bits per heavy atom. The van der Waals surface area contributed by atoms with Crippen LogP contribution in [0.4, 0.5) is 0 Å². The maximum Gasteiger partial charge on any atom is 0.134 e. The van der Waals surface area contributed by atoms with E-state index < -0.39 is 0 Å². The molecule has 0 spiro atoms. The summed E-state index contributed by atoms with van der Waals surface area (Å²) in [7, 11) is 0. The lowest BCUT2D eigenvalue weighted by Gasteiger charge is -1.93. The first-order chi connectivity index (χ1) is 5.70. The molecule has 12 heavy (non-hydrogen) atoms. The average Bonchev–Trinajstić information content (AvgIpc) is 2.07. The molecule has 2 nitrogen and oxygen atoms in total. The van der Waals surface area contributed by atoms with Crippen molar-refractivity contribution in [1.29, 1.82) is 0 Å². The fraction of sp³-hybridized carbons (Fsp3) is 0.400. The largest absolute Gasteiger partial charge is 0.300 e. The molecule has 2 heteroatoms. The summed E-state index contributed by atoms with van der Waals surface area (Å²) >= 11 is 0. The molecule has 0 fully saturated rings. The van der Waals surface area contributed by atoms with Gasteiger partial charge in [0.1, 0.15) is 5.78 Å². The third kappa shape index (κ3) is 8.82. The van der Waals surface area contributed by atoms with Gasteiger partial charge in [-0.2, -0.15) is 0 Å². The number of nitrogens with zero attached hydrogens (tertiary/aromatic N) is 1. The number of carbonyl (C=O) groups is 1. The van der Waals surface area contributed by atoms with E-state index in [1.807, 2.05) is 13.8 Å². The number of aliphatic imine (C=N–C) groups is 1. The zero-order valence-electron chi connectivity index (χ0n) is 8.13. The van der Waals surface area contributed by atoms with Crippen molar-refractivity contribution < 1.29 is 4.79 Å². The Morgan fingerprint density at radius 3 is 2.25 bits per heavy atom. The molecule has 0 atom stereocenters. The molecular weight excluding hydrogens is 150 g/mol. The third-order valence-electron chi connectivity index (χ3n) is 0.972. The highest BCUT2D eigenvalue weighted by atomic mass is 16.1. The summed E-state index contributed by atoms with van der Waals surface area (Å²) in [5.41, 5.74) is 0.808. The van der Waals surface area contributed by atoms with E-state index in [-0.39, 0.29) is 5.78 Å². The summed E-state index contributed by atoms with van der Waals surface area (Å²) < 4.78 is 0. The van der Waals surface area contributed by atoms with Crippen molar-refractivity contribution >= 4 is 12.5 Å². The lowest BCUT2D eigenvalue weighted by molar-refractivity contribution is -0.116. The topological polar surface area (TPSA) is 29.4 Å². The van der Waals surface area contributed by atoms with Gasteiger partial charge in [-0.3, -0.25) is 9.79 Å². The summed E-state index contributed by atoms with van der Waals surface area (Å²) in [4.78, 5) is 14.1. The van der Waals surface area contributed by atoms with Gasteiger partial charge in [0.25, 0.3) is 0 Å². The number of hydrogen-bond acceptors (Lipinski definition) is 2. The highest BCUT2D eigenvalue weighted by Gasteiger charge is 1.94. The van der Waals surface area contributed by atoms with Crippen LogP contribution in [-0.4, -0.2) is 12.5 Å². The zero-order valence-corrected chi connectivity index (χ0v) is 8.13. The highest BCUT2D eigenvalue weighted by molar-refractivity contribution is 5.78. The number of allylic oxidation sites excluding steroid dienone is 2. The fourth-order valence-corrected chi connectivity index (χ4v) is 0.575. The van der Waals surface area contributed by atoms with Crippen LogP contribution < -0.4 is 0 Å². The Labute approximate surface area is 74.7 Å². The molecule has 68 valence electrons. The fourth-order valence-electron chi connectivity index (χ4n) is 0.575. The molecule has 0 aliphatic rings. The average molecular weight is 167 g/mol. The van der Waals surface area contributed by atoms with Crippen LogP contribution in [0.5, 0.6) is 0 Å². The molecule has 0 N–H and O–H groups in total. The number of rotatable bonds is 4. The first kappa shape index (κ1) is 13.4. The monoisotopic (exact) mass is 167 g/mol. The molecule has 0 rings (SSSR count). The minimum absolute atomic E-state index is 0.106. The Kier molecular flexibility index (Phi) is 11.0. The second kappa shape index (κ2) is 9.82. The molecule has 0 amide bonds. The van der Waals surface area contributed by atoms with Gasteiger partial charge in [-0.25, -0.2) is 0 Å². The van der Waals surface area contributed by atoms with Crippen LogP contribution in [0.1, 0.15) is 27.2 Å². The molecule has 0 aliphatic carbocycles. The van der Waals surface area contributed by atoms with Gasteiger partial charge in [0.2, 0.25) is 0 Å². The van der Waals surface area contributed by atoms with Gasteiger partial charge in [0, 0.05) is 12.6 Å². The van der Waals surface area contributed by atoms with Crippen LogP contribution >= 0.6 is 0 Å².